The topological polar surface area (TPSA) is 75.2 Å². The number of rotatable bonds is 5. The Balaban J connectivity index is 2.93. The Bertz CT molecular complexity index is 344. The first-order valence-electron chi connectivity index (χ1n) is 4.84. The molecule has 0 atom stereocenters. The number of methoxy groups -OCH3 is 1. The van der Waals surface area contributed by atoms with Crippen LogP contribution in [0.15, 0.2) is 0 Å². The average molecular weight is 212 g/mol. The molecule has 1 aromatic rings. The first-order chi connectivity index (χ1) is 7.04. The molecule has 0 aromatic carbocycles. The molecule has 1 rings (SSSR count). The molecule has 5 nitrogen and oxygen atoms in total. The number of nitrogens with zero attached hydrogens (tertiary/aromatic N) is 1. The van der Waals surface area contributed by atoms with Gasteiger partial charge in [-0.25, -0.2) is 9.78 Å². The number of carboxylic acids is 1. The Morgan fingerprint density at radius 1 is 1.60 bits per heavy atom. The van der Waals surface area contributed by atoms with E-state index in [0.29, 0.717) is 17.4 Å². The van der Waals surface area contributed by atoms with Gasteiger partial charge in [-0.3, -0.25) is 0 Å². The van der Waals surface area contributed by atoms with Gasteiger partial charge in [-0.15, -0.1) is 0 Å². The summed E-state index contributed by atoms with van der Waals surface area (Å²) in [5.41, 5.74) is 0.591. The third kappa shape index (κ3) is 3.06. The number of imidazole rings is 1. The van der Waals surface area contributed by atoms with Crippen molar-refractivity contribution in [2.24, 2.45) is 5.92 Å². The molecule has 5 heteroatoms. The Morgan fingerprint density at radius 2 is 2.27 bits per heavy atom. The number of aromatic carboxylic acids is 1. The Labute approximate surface area is 88.5 Å². The minimum absolute atomic E-state index is 0.0625. The lowest BCUT2D eigenvalue weighted by molar-refractivity contribution is 0.0685. The van der Waals surface area contributed by atoms with E-state index in [0.717, 1.165) is 6.42 Å². The van der Waals surface area contributed by atoms with Crippen molar-refractivity contribution in [3.8, 4) is 0 Å². The van der Waals surface area contributed by atoms with Gasteiger partial charge < -0.3 is 14.8 Å². The van der Waals surface area contributed by atoms with E-state index in [-0.39, 0.29) is 12.3 Å². The molecule has 0 fully saturated rings. The molecule has 0 aliphatic rings. The summed E-state index contributed by atoms with van der Waals surface area (Å²) < 4.78 is 4.90. The first kappa shape index (κ1) is 11.7. The highest BCUT2D eigenvalue weighted by Gasteiger charge is 2.16. The van der Waals surface area contributed by atoms with E-state index < -0.39 is 5.97 Å². The van der Waals surface area contributed by atoms with Gasteiger partial charge in [-0.1, -0.05) is 13.8 Å². The highest BCUT2D eigenvalue weighted by Crippen LogP contribution is 2.11. The highest BCUT2D eigenvalue weighted by molar-refractivity contribution is 5.86. The van der Waals surface area contributed by atoms with E-state index in [2.05, 4.69) is 23.8 Å². The SMILES string of the molecule is COCc1[nH]c(CC(C)C)nc1C(=O)O. The minimum atomic E-state index is -1.02. The smallest absolute Gasteiger partial charge is 0.356 e. The second kappa shape index (κ2) is 4.93. The number of H-pyrrole nitrogens is 1. The highest BCUT2D eigenvalue weighted by atomic mass is 16.5. The second-order valence-electron chi connectivity index (χ2n) is 3.85. The predicted octanol–water partition coefficient (Wildman–Crippen LogP) is 1.45. The van der Waals surface area contributed by atoms with E-state index in [9.17, 15) is 4.79 Å². The van der Waals surface area contributed by atoms with Gasteiger partial charge in [-0.2, -0.15) is 0 Å². The van der Waals surface area contributed by atoms with Crippen LogP contribution in [-0.4, -0.2) is 28.2 Å². The molecule has 1 heterocycles. The molecule has 0 amide bonds. The molecule has 0 saturated heterocycles. The number of carboxylic acid groups (broad SMARTS) is 1. The number of hydrogen-bond donors (Lipinski definition) is 2. The lowest BCUT2D eigenvalue weighted by atomic mass is 10.1. The van der Waals surface area contributed by atoms with Gasteiger partial charge in [0.15, 0.2) is 5.69 Å². The van der Waals surface area contributed by atoms with E-state index in [1.807, 2.05) is 0 Å². The van der Waals surface area contributed by atoms with Crippen molar-refractivity contribution in [1.29, 1.82) is 0 Å². The Kier molecular flexibility index (Phi) is 3.85. The molecule has 0 spiro atoms. The average Bonchev–Trinajstić information content (AvgIpc) is 2.47. The van der Waals surface area contributed by atoms with Crippen LogP contribution >= 0.6 is 0 Å². The summed E-state index contributed by atoms with van der Waals surface area (Å²) >= 11 is 0. The van der Waals surface area contributed by atoms with Crippen LogP contribution in [0.5, 0.6) is 0 Å². The molecule has 15 heavy (non-hydrogen) atoms. The van der Waals surface area contributed by atoms with Crippen LogP contribution in [0.25, 0.3) is 0 Å². The number of hydrogen-bond acceptors (Lipinski definition) is 3. The maximum Gasteiger partial charge on any atom is 0.356 e. The van der Waals surface area contributed by atoms with Crippen LogP contribution in [0.3, 0.4) is 0 Å². The third-order valence-electron chi connectivity index (χ3n) is 1.92. The largest absolute Gasteiger partial charge is 0.476 e. The second-order valence-corrected chi connectivity index (χ2v) is 3.85. The van der Waals surface area contributed by atoms with Crippen molar-refractivity contribution in [3.63, 3.8) is 0 Å². The molecule has 0 aliphatic heterocycles. The molecule has 84 valence electrons. The molecule has 1 aromatic heterocycles. The van der Waals surface area contributed by atoms with E-state index in [1.54, 1.807) is 0 Å². The number of ether oxygens (including phenoxy) is 1. The summed E-state index contributed by atoms with van der Waals surface area (Å²) in [6, 6.07) is 0. The molecular weight excluding hydrogens is 196 g/mol. The van der Waals surface area contributed by atoms with Gasteiger partial charge in [0.2, 0.25) is 0 Å². The maximum absolute atomic E-state index is 10.9. The molecule has 0 bridgehead atoms. The number of aromatic nitrogens is 2. The van der Waals surface area contributed by atoms with E-state index >= 15 is 0 Å². The van der Waals surface area contributed by atoms with E-state index in [1.165, 1.54) is 7.11 Å². The molecule has 0 unspecified atom stereocenters. The summed E-state index contributed by atoms with van der Waals surface area (Å²) in [5.74, 6) is 0.121. The van der Waals surface area contributed by atoms with Crippen LogP contribution in [0.1, 0.15) is 35.9 Å². The van der Waals surface area contributed by atoms with Gasteiger partial charge in [0.25, 0.3) is 0 Å². The van der Waals surface area contributed by atoms with Crippen LogP contribution in [0.4, 0.5) is 0 Å². The summed E-state index contributed by atoms with van der Waals surface area (Å²) in [4.78, 5) is 17.9. The molecule has 0 aliphatic carbocycles. The van der Waals surface area contributed by atoms with Gasteiger partial charge >= 0.3 is 5.97 Å². The monoisotopic (exact) mass is 212 g/mol. The number of aromatic amines is 1. The summed E-state index contributed by atoms with van der Waals surface area (Å²) in [7, 11) is 1.52. The van der Waals surface area contributed by atoms with Crippen molar-refractivity contribution in [3.05, 3.63) is 17.2 Å². The fraction of sp³-hybridized carbons (Fsp3) is 0.600. The summed E-state index contributed by atoms with van der Waals surface area (Å²) in [6.45, 7) is 4.35. The zero-order chi connectivity index (χ0) is 11.4. The molecule has 0 saturated carbocycles. The van der Waals surface area contributed by atoms with Crippen LogP contribution in [0, 0.1) is 5.92 Å². The first-order valence-corrected chi connectivity index (χ1v) is 4.84. The Morgan fingerprint density at radius 3 is 2.73 bits per heavy atom. The van der Waals surface area contributed by atoms with Crippen LogP contribution < -0.4 is 0 Å². The summed E-state index contributed by atoms with van der Waals surface area (Å²) in [6.07, 6.45) is 0.740. The van der Waals surface area contributed by atoms with Gasteiger partial charge in [-0.05, 0) is 5.92 Å². The number of nitrogens with one attached hydrogen (secondary N) is 1. The summed E-state index contributed by atoms with van der Waals surface area (Å²) in [5, 5.41) is 8.90. The van der Waals surface area contributed by atoms with Crippen molar-refractivity contribution in [2.45, 2.75) is 26.9 Å². The van der Waals surface area contributed by atoms with Crippen molar-refractivity contribution in [2.75, 3.05) is 7.11 Å². The molecule has 2 N–H and O–H groups in total. The lowest BCUT2D eigenvalue weighted by Crippen LogP contribution is -2.02. The Hall–Kier alpha value is -1.36. The van der Waals surface area contributed by atoms with Gasteiger partial charge in [0.05, 0.1) is 12.3 Å². The van der Waals surface area contributed by atoms with E-state index in [4.69, 9.17) is 9.84 Å². The number of carbonyl (C=O) groups is 1. The zero-order valence-electron chi connectivity index (χ0n) is 9.20. The van der Waals surface area contributed by atoms with Crippen LogP contribution in [0.2, 0.25) is 0 Å². The van der Waals surface area contributed by atoms with Gasteiger partial charge in [0, 0.05) is 13.5 Å². The van der Waals surface area contributed by atoms with Crippen LogP contribution in [-0.2, 0) is 17.8 Å². The van der Waals surface area contributed by atoms with Crippen molar-refractivity contribution in [1.82, 2.24) is 9.97 Å². The predicted molar refractivity (Wildman–Crippen MR) is 54.8 cm³/mol. The molecule has 0 radical (unpaired) electrons. The maximum atomic E-state index is 10.9. The third-order valence-corrected chi connectivity index (χ3v) is 1.92. The fourth-order valence-corrected chi connectivity index (χ4v) is 1.37. The lowest BCUT2D eigenvalue weighted by Gasteiger charge is -1.99. The van der Waals surface area contributed by atoms with Gasteiger partial charge in [0.1, 0.15) is 5.82 Å². The normalized spacial score (nSPS) is 10.9. The van der Waals surface area contributed by atoms with Crippen molar-refractivity contribution >= 4 is 5.97 Å². The standard InChI is InChI=1S/C10H16N2O3/c1-6(2)4-8-11-7(5-15-3)9(12-8)10(13)14/h6H,4-5H2,1-3H3,(H,11,12)(H,13,14). The minimum Gasteiger partial charge on any atom is -0.476 e. The zero-order valence-corrected chi connectivity index (χ0v) is 9.20. The molecular formula is C10H16N2O3. The quantitative estimate of drug-likeness (QED) is 0.774. The van der Waals surface area contributed by atoms with Crippen molar-refractivity contribution < 1.29 is 14.6 Å². The fourth-order valence-electron chi connectivity index (χ4n) is 1.37.